The number of nitrogen functional groups attached to an aromatic ring is 1. The highest BCUT2D eigenvalue weighted by atomic mass is 32.2. The van der Waals surface area contributed by atoms with Crippen LogP contribution in [0.1, 0.15) is 18.3 Å². The van der Waals surface area contributed by atoms with Crippen molar-refractivity contribution in [3.05, 3.63) is 44.7 Å². The van der Waals surface area contributed by atoms with Gasteiger partial charge in [0, 0.05) is 41.3 Å². The molecular weight excluding hydrogens is 849 g/mol. The van der Waals surface area contributed by atoms with Crippen molar-refractivity contribution in [1.82, 2.24) is 30.8 Å². The Morgan fingerprint density at radius 3 is 2.24 bits per heavy atom. The van der Waals surface area contributed by atoms with Gasteiger partial charge in [0.2, 0.25) is 0 Å². The van der Waals surface area contributed by atoms with Gasteiger partial charge in [-0.05, 0) is 5.57 Å². The van der Waals surface area contributed by atoms with Gasteiger partial charge in [-0.3, -0.25) is 24.1 Å². The predicted molar refractivity (Wildman–Crippen MR) is 209 cm³/mol. The smallest absolute Gasteiger partial charge is 0.354 e. The van der Waals surface area contributed by atoms with Crippen LogP contribution < -0.4 is 27.0 Å². The first kappa shape index (κ1) is 43.2. The average Bonchev–Trinajstić information content (AvgIpc) is 3.86. The number of thioether (sulfide) groups is 2. The van der Waals surface area contributed by atoms with Gasteiger partial charge in [-0.1, -0.05) is 10.3 Å². The first-order chi connectivity index (χ1) is 27.7. The van der Waals surface area contributed by atoms with Crippen LogP contribution >= 0.6 is 46.2 Å². The molecule has 0 radical (unpaired) electrons. The van der Waals surface area contributed by atoms with Gasteiger partial charge in [0.05, 0.1) is 7.11 Å². The van der Waals surface area contributed by atoms with E-state index in [1.807, 2.05) is 0 Å². The monoisotopic (exact) mass is 882 g/mol. The summed E-state index contributed by atoms with van der Waals surface area (Å²) in [5.41, 5.74) is 5.48. The molecule has 3 aliphatic heterocycles. The number of nitrogens with two attached hydrogens (primary N) is 1. The maximum absolute atomic E-state index is 13.4. The molecule has 0 saturated carbocycles. The minimum Gasteiger partial charge on any atom is -0.480 e. The summed E-state index contributed by atoms with van der Waals surface area (Å²) < 4.78 is 9.89. The van der Waals surface area contributed by atoms with E-state index in [0.29, 0.717) is 5.57 Å². The van der Waals surface area contributed by atoms with Crippen LogP contribution in [0.2, 0.25) is 0 Å². The third-order valence-electron chi connectivity index (χ3n) is 8.07. The topological polar surface area (TPSA) is 325 Å². The zero-order chi connectivity index (χ0) is 42.3. The molecule has 0 spiro atoms. The fourth-order valence-corrected chi connectivity index (χ4v) is 9.24. The third-order valence-corrected chi connectivity index (χ3v) is 12.1. The number of carboxylic acid groups (broad SMARTS) is 2. The van der Waals surface area contributed by atoms with E-state index < -0.39 is 70.1 Å². The number of methoxy groups -OCH3 is 1. The summed E-state index contributed by atoms with van der Waals surface area (Å²) in [7, 11) is 3.56. The van der Waals surface area contributed by atoms with E-state index in [1.165, 1.54) is 34.5 Å². The van der Waals surface area contributed by atoms with Crippen molar-refractivity contribution in [3.63, 3.8) is 0 Å². The average molecular weight is 883 g/mol. The van der Waals surface area contributed by atoms with Crippen LogP contribution in [0.15, 0.2) is 43.6 Å². The number of nitrogens with one attached hydrogen (secondary N) is 4. The number of carbonyl (C=O) groups excluding carboxylic acids is 5. The van der Waals surface area contributed by atoms with Crippen LogP contribution in [0.4, 0.5) is 10.3 Å². The number of amides is 3. The Bertz CT molecular complexity index is 2130. The third kappa shape index (κ3) is 9.60. The summed E-state index contributed by atoms with van der Waals surface area (Å²) in [6.07, 6.45) is 0. The van der Waals surface area contributed by atoms with Gasteiger partial charge in [0.25, 0.3) is 17.7 Å². The fourth-order valence-electron chi connectivity index (χ4n) is 5.47. The fraction of sp³-hybridized carbons (Fsp3) is 0.387. The Kier molecular flexibility index (Phi) is 14.2. The van der Waals surface area contributed by atoms with E-state index in [-0.39, 0.29) is 69.0 Å². The number of β-lactam (4-membered cyclic amide) rings is 1. The molecular formula is C31H34N10O13S4. The molecule has 27 heteroatoms. The summed E-state index contributed by atoms with van der Waals surface area (Å²) >= 11 is 4.36. The van der Waals surface area contributed by atoms with Crippen LogP contribution in [0, 0.1) is 0 Å². The van der Waals surface area contributed by atoms with Crippen LogP contribution in [0.3, 0.4) is 0 Å². The molecule has 4 atom stereocenters. The second-order valence-electron chi connectivity index (χ2n) is 11.7. The van der Waals surface area contributed by atoms with E-state index in [2.05, 4.69) is 41.5 Å². The molecule has 23 nitrogen and oxygen atoms in total. The maximum Gasteiger partial charge on any atom is 0.354 e. The van der Waals surface area contributed by atoms with Crippen molar-refractivity contribution >= 4 is 109 Å². The lowest BCUT2D eigenvalue weighted by Crippen LogP contribution is -2.71. The molecule has 5 rings (SSSR count). The molecule has 0 aromatic carbocycles. The van der Waals surface area contributed by atoms with E-state index in [4.69, 9.17) is 24.9 Å². The molecule has 5 heterocycles. The van der Waals surface area contributed by atoms with Gasteiger partial charge < -0.3 is 56.4 Å². The number of carboxylic acids is 2. The minimum atomic E-state index is -1.67. The molecule has 1 saturated heterocycles. The largest absolute Gasteiger partial charge is 0.480 e. The van der Waals surface area contributed by atoms with Gasteiger partial charge in [0.1, 0.15) is 60.4 Å². The van der Waals surface area contributed by atoms with Gasteiger partial charge in [-0.2, -0.15) is 0 Å². The molecule has 0 bridgehead atoms. The van der Waals surface area contributed by atoms with Crippen molar-refractivity contribution in [2.45, 2.75) is 29.8 Å². The summed E-state index contributed by atoms with van der Waals surface area (Å²) in [6, 6.07) is -2.70. The minimum absolute atomic E-state index is 0.0126. The molecule has 2 aromatic rings. The van der Waals surface area contributed by atoms with Gasteiger partial charge >= 0.3 is 23.9 Å². The number of nitrogens with zero attached hydrogens (tertiary/aromatic N) is 5. The number of aliphatic carboxylic acids is 2. The number of hydrogen-bond donors (Lipinski definition) is 7. The van der Waals surface area contributed by atoms with Crippen molar-refractivity contribution in [2.75, 3.05) is 57.0 Å². The van der Waals surface area contributed by atoms with Crippen molar-refractivity contribution in [3.8, 4) is 0 Å². The van der Waals surface area contributed by atoms with Crippen molar-refractivity contribution < 1.29 is 62.9 Å². The number of hydrogen-bond acceptors (Lipinski definition) is 22. The predicted octanol–water partition coefficient (Wildman–Crippen LogP) is -1.04. The number of aromatic nitrogens is 2. The maximum atomic E-state index is 13.4. The Hall–Kier alpha value is -5.93. The molecule has 3 aliphatic rings. The lowest BCUT2D eigenvalue weighted by atomic mass is 10.0. The molecule has 58 heavy (non-hydrogen) atoms. The molecule has 2 aromatic heterocycles. The Labute approximate surface area is 343 Å². The quantitative estimate of drug-likeness (QED) is 0.0432. The first-order valence-electron chi connectivity index (χ1n) is 16.4. The second-order valence-corrected chi connectivity index (χ2v) is 15.7. The van der Waals surface area contributed by atoms with Crippen LogP contribution in [0.25, 0.3) is 0 Å². The molecule has 310 valence electrons. The number of carbonyl (C=O) groups is 7. The van der Waals surface area contributed by atoms with Crippen molar-refractivity contribution in [1.29, 1.82) is 0 Å². The Morgan fingerprint density at radius 2 is 1.64 bits per heavy atom. The summed E-state index contributed by atoms with van der Waals surface area (Å²) in [6.45, 7) is 0.818. The number of thiazole rings is 2. The molecule has 0 unspecified atom stereocenters. The van der Waals surface area contributed by atoms with E-state index in [9.17, 15) is 43.8 Å². The lowest BCUT2D eigenvalue weighted by molar-refractivity contribution is -0.151. The zero-order valence-corrected chi connectivity index (χ0v) is 33.9. The molecule has 0 aliphatic carbocycles. The number of esters is 2. The summed E-state index contributed by atoms with van der Waals surface area (Å²) in [5, 5.41) is 39.3. The normalized spacial score (nSPS) is 19.8. The molecule has 3 amide bonds. The van der Waals surface area contributed by atoms with Gasteiger partial charge in [-0.15, -0.1) is 46.2 Å². The second kappa shape index (κ2) is 19.0. The number of oxime groups is 2. The first-order valence-corrected chi connectivity index (χ1v) is 20.2. The summed E-state index contributed by atoms with van der Waals surface area (Å²) in [5.74, 6) is -6.47. The standard InChI is InChI=1S/C31H34N10O13S4/c1-11(42)54-6-13-8-55-24(38-16(13)27(46)47)19(28(48)49)36-22(43)18(40-53-4)15-10-58-31(35-15)33-5-12-7-56-26-20(25(45)41(26)21(12)29(50)51-2)37-23(44)17(39-52-3)14-9-57-30(32)34-14/h9-10,19-20,24,26,38H,5-8H2,1-4H3,(H2,32,34)(H,33,35)(H,36,43)(H,37,44)(H,46,47)(H,48,49)/b39-17-,40-18-/t19-,20+,24+,26+/m0/s1. The van der Waals surface area contributed by atoms with E-state index >= 15 is 0 Å². The SMILES string of the molecule is CO/N=C(\C(=O)N[C@H](C(=O)O)[C@@H]1NC(C(=O)O)=C(COC(C)=O)CS1)c1csc(NCC2=C(C(=O)OC)N3C(=O)[C@@H](NC(=O)/C(=N\OC)c4csc(N)n4)[C@H]3SC2)n1. The highest BCUT2D eigenvalue weighted by molar-refractivity contribution is 8.00. The number of ether oxygens (including phenoxy) is 2. The van der Waals surface area contributed by atoms with Crippen molar-refractivity contribution in [2.24, 2.45) is 10.3 Å². The van der Waals surface area contributed by atoms with Gasteiger partial charge in [-0.25, -0.2) is 24.4 Å². The van der Waals surface area contributed by atoms with E-state index in [1.54, 1.807) is 0 Å². The number of anilines is 2. The highest BCUT2D eigenvalue weighted by Crippen LogP contribution is 2.41. The lowest BCUT2D eigenvalue weighted by Gasteiger charge is -2.49. The Balaban J connectivity index is 1.27. The van der Waals surface area contributed by atoms with Crippen LogP contribution in [-0.2, 0) is 52.7 Å². The zero-order valence-electron chi connectivity index (χ0n) is 30.6. The Morgan fingerprint density at radius 1 is 0.983 bits per heavy atom. The number of rotatable bonds is 17. The van der Waals surface area contributed by atoms with E-state index in [0.717, 1.165) is 55.6 Å². The summed E-state index contributed by atoms with van der Waals surface area (Å²) in [4.78, 5) is 108. The molecule has 8 N–H and O–H groups in total. The van der Waals surface area contributed by atoms with Crippen LogP contribution in [-0.4, -0.2) is 147 Å². The van der Waals surface area contributed by atoms with Gasteiger partial charge in [0.15, 0.2) is 27.7 Å². The highest BCUT2D eigenvalue weighted by Gasteiger charge is 2.54. The number of fused-ring (bicyclic) bond motifs is 1. The molecule has 1 fully saturated rings. The van der Waals surface area contributed by atoms with Crippen LogP contribution in [0.5, 0.6) is 0 Å².